The molecule has 2 amide bonds. The van der Waals surface area contributed by atoms with Gasteiger partial charge in [-0.1, -0.05) is 89.3 Å². The number of carbonyl (C=O) groups is 3. The van der Waals surface area contributed by atoms with Crippen LogP contribution in [-0.2, 0) is 21.4 Å². The van der Waals surface area contributed by atoms with Gasteiger partial charge < -0.3 is 20.1 Å². The van der Waals surface area contributed by atoms with Crippen LogP contribution < -0.4 is 10.1 Å². The molecule has 2 aliphatic rings. The highest BCUT2D eigenvalue weighted by Crippen LogP contribution is 2.30. The molecular formula is C41H48N4O5S. The molecule has 2 aromatic carbocycles. The average molecular weight is 709 g/mol. The first-order valence-corrected chi connectivity index (χ1v) is 18.9. The summed E-state index contributed by atoms with van der Waals surface area (Å²) in [4.78, 5) is 51.1. The minimum absolute atomic E-state index is 0.0974. The van der Waals surface area contributed by atoms with Gasteiger partial charge in [-0.25, -0.2) is 9.97 Å². The van der Waals surface area contributed by atoms with Crippen molar-refractivity contribution in [1.82, 2.24) is 20.2 Å². The van der Waals surface area contributed by atoms with Gasteiger partial charge in [0.05, 0.1) is 17.4 Å². The highest BCUT2D eigenvalue weighted by Gasteiger charge is 2.35. The van der Waals surface area contributed by atoms with Gasteiger partial charge in [-0.05, 0) is 59.6 Å². The van der Waals surface area contributed by atoms with Crippen molar-refractivity contribution in [3.63, 3.8) is 0 Å². The second kappa shape index (κ2) is 16.2. The maximum Gasteiger partial charge on any atom is 0.308 e. The zero-order valence-electron chi connectivity index (χ0n) is 29.8. The summed E-state index contributed by atoms with van der Waals surface area (Å²) >= 11 is 1.42. The van der Waals surface area contributed by atoms with E-state index in [-0.39, 0.29) is 30.2 Å². The summed E-state index contributed by atoms with van der Waals surface area (Å²) in [5.74, 6) is 0.156. The van der Waals surface area contributed by atoms with Crippen LogP contribution in [0.3, 0.4) is 0 Å². The quantitative estimate of drug-likeness (QED) is 0.154. The van der Waals surface area contributed by atoms with Crippen LogP contribution in [0.25, 0.3) is 22.5 Å². The zero-order chi connectivity index (χ0) is 36.0. The Bertz CT molecular complexity index is 1790. The lowest BCUT2D eigenvalue weighted by molar-refractivity contribution is -0.141. The van der Waals surface area contributed by atoms with Gasteiger partial charge >= 0.3 is 5.97 Å². The Morgan fingerprint density at radius 3 is 2.22 bits per heavy atom. The van der Waals surface area contributed by atoms with Crippen LogP contribution >= 0.6 is 11.3 Å². The minimum Gasteiger partial charge on any atom is -0.494 e. The van der Waals surface area contributed by atoms with Gasteiger partial charge in [0.25, 0.3) is 5.91 Å². The van der Waals surface area contributed by atoms with E-state index >= 15 is 0 Å². The van der Waals surface area contributed by atoms with Crippen molar-refractivity contribution < 1.29 is 24.2 Å². The van der Waals surface area contributed by atoms with Gasteiger partial charge in [0.15, 0.2) is 5.82 Å². The van der Waals surface area contributed by atoms with Crippen LogP contribution in [0.4, 0.5) is 0 Å². The van der Waals surface area contributed by atoms with E-state index in [1.807, 2.05) is 67.0 Å². The molecule has 1 aliphatic heterocycles. The number of nitrogens with zero attached hydrogens (tertiary/aromatic N) is 3. The Morgan fingerprint density at radius 2 is 1.59 bits per heavy atom. The summed E-state index contributed by atoms with van der Waals surface area (Å²) in [7, 11) is 0. The molecule has 1 saturated heterocycles. The molecule has 4 aromatic rings. The third kappa shape index (κ3) is 9.41. The van der Waals surface area contributed by atoms with E-state index in [0.29, 0.717) is 23.7 Å². The normalized spacial score (nSPS) is 17.2. The maximum absolute atomic E-state index is 13.7. The summed E-state index contributed by atoms with van der Waals surface area (Å²) < 4.78 is 6.02. The topological polar surface area (TPSA) is 122 Å². The fourth-order valence-electron chi connectivity index (χ4n) is 6.89. The number of rotatable bonds is 12. The monoisotopic (exact) mass is 708 g/mol. The fourth-order valence-corrected chi connectivity index (χ4v) is 7.86. The van der Waals surface area contributed by atoms with Gasteiger partial charge in [-0.15, -0.1) is 11.3 Å². The molecule has 0 spiro atoms. The van der Waals surface area contributed by atoms with Gasteiger partial charge in [-0.2, -0.15) is 0 Å². The number of carboxylic acids is 1. The molecule has 1 aliphatic carbocycles. The molecule has 10 heteroatoms. The molecule has 6 rings (SSSR count). The summed E-state index contributed by atoms with van der Waals surface area (Å²) in [6.45, 7) is 7.52. The number of hydrogen-bond acceptors (Lipinski definition) is 7. The highest BCUT2D eigenvalue weighted by molar-refractivity contribution is 7.14. The largest absolute Gasteiger partial charge is 0.494 e. The third-order valence-corrected chi connectivity index (χ3v) is 11.5. The van der Waals surface area contributed by atoms with Crippen molar-refractivity contribution in [2.75, 3.05) is 19.7 Å². The van der Waals surface area contributed by atoms with Gasteiger partial charge in [0.2, 0.25) is 5.91 Å². The van der Waals surface area contributed by atoms with E-state index in [2.05, 4.69) is 36.1 Å². The first-order chi connectivity index (χ1) is 24.5. The minimum atomic E-state index is -0.909. The lowest BCUT2D eigenvalue weighted by atomic mass is 9.87. The number of aromatic nitrogens is 2. The molecule has 0 unspecified atom stereocenters. The smallest absolute Gasteiger partial charge is 0.308 e. The van der Waals surface area contributed by atoms with Crippen LogP contribution in [0.5, 0.6) is 5.75 Å². The number of likely N-dealkylation sites (tertiary alicyclic amines) is 1. The number of thiophene rings is 1. The fraction of sp³-hybridized carbons (Fsp3) is 0.439. The molecule has 3 heterocycles. The first kappa shape index (κ1) is 36.2. The number of benzene rings is 2. The number of carboxylic acid groups (broad SMARTS) is 1. The first-order valence-electron chi connectivity index (χ1n) is 18.1. The van der Waals surface area contributed by atoms with Crippen LogP contribution in [0, 0.1) is 11.8 Å². The Kier molecular flexibility index (Phi) is 11.5. The van der Waals surface area contributed by atoms with Gasteiger partial charge in [0.1, 0.15) is 11.8 Å². The second-order valence-corrected chi connectivity index (χ2v) is 16.0. The van der Waals surface area contributed by atoms with E-state index in [4.69, 9.17) is 4.74 Å². The predicted molar refractivity (Wildman–Crippen MR) is 200 cm³/mol. The van der Waals surface area contributed by atoms with E-state index in [1.165, 1.54) is 43.4 Å². The Labute approximate surface area is 304 Å². The number of amides is 2. The molecule has 2 atom stereocenters. The molecule has 2 fully saturated rings. The molecule has 51 heavy (non-hydrogen) atoms. The zero-order valence-corrected chi connectivity index (χ0v) is 30.6. The third-order valence-electron chi connectivity index (χ3n) is 10.0. The standard InChI is InChI=1S/C41H48N4O5S/c1-41(2,3)36-18-17-35(51-36)38(46)44-34(39(47)45-21-19-31(26-45)40(48)49)23-28-9-11-30(12-10-28)37-42-24-32(25-43-37)29-13-15-33(16-14-29)50-22-20-27-7-5-4-6-8-27/h9-18,24-25,27,31,34H,4-8,19-23,26H2,1-3H3,(H,44,46)(H,48,49)/t31-,34-/m0/s1. The Hall–Kier alpha value is -4.57. The molecule has 0 radical (unpaired) electrons. The summed E-state index contributed by atoms with van der Waals surface area (Å²) in [5.41, 5.74) is 3.51. The van der Waals surface area contributed by atoms with Gasteiger partial charge in [0, 0.05) is 47.9 Å². The van der Waals surface area contributed by atoms with Crippen molar-refractivity contribution >= 4 is 29.1 Å². The maximum atomic E-state index is 13.7. The van der Waals surface area contributed by atoms with Crippen molar-refractivity contribution in [3.05, 3.63) is 88.4 Å². The van der Waals surface area contributed by atoms with Crippen LogP contribution in [-0.4, -0.2) is 63.5 Å². The molecule has 2 aromatic heterocycles. The summed E-state index contributed by atoms with van der Waals surface area (Å²) in [6, 6.07) is 18.6. The summed E-state index contributed by atoms with van der Waals surface area (Å²) in [6.07, 6.45) is 12.1. The van der Waals surface area contributed by atoms with Crippen molar-refractivity contribution in [1.29, 1.82) is 0 Å². The molecule has 268 valence electrons. The summed E-state index contributed by atoms with van der Waals surface area (Å²) in [5, 5.41) is 12.5. The lowest BCUT2D eigenvalue weighted by Crippen LogP contribution is -2.49. The highest BCUT2D eigenvalue weighted by atomic mass is 32.1. The van der Waals surface area contributed by atoms with Gasteiger partial charge in [-0.3, -0.25) is 14.4 Å². The SMILES string of the molecule is CC(C)(C)c1ccc(C(=O)N[C@@H](Cc2ccc(-c3ncc(-c4ccc(OCCC5CCCCC5)cc4)cn3)cc2)C(=O)N2CC[C@H](C(=O)O)C2)s1. The number of ether oxygens (including phenoxy) is 1. The van der Waals surface area contributed by atoms with E-state index in [1.54, 1.807) is 11.0 Å². The number of aliphatic carboxylic acids is 1. The van der Waals surface area contributed by atoms with Crippen LogP contribution in [0.2, 0.25) is 0 Å². The Morgan fingerprint density at radius 1 is 0.902 bits per heavy atom. The van der Waals surface area contributed by atoms with E-state index in [9.17, 15) is 19.5 Å². The predicted octanol–water partition coefficient (Wildman–Crippen LogP) is 7.79. The van der Waals surface area contributed by atoms with E-state index < -0.39 is 17.9 Å². The number of hydrogen-bond donors (Lipinski definition) is 2. The molecule has 1 saturated carbocycles. The average Bonchev–Trinajstić information content (AvgIpc) is 3.84. The second-order valence-electron chi connectivity index (χ2n) is 14.9. The number of carbonyl (C=O) groups excluding carboxylic acids is 2. The van der Waals surface area contributed by atoms with Crippen molar-refractivity contribution in [3.8, 4) is 28.3 Å². The Balaban J connectivity index is 1.09. The van der Waals surface area contributed by atoms with Crippen LogP contribution in [0.1, 0.15) is 85.8 Å². The van der Waals surface area contributed by atoms with E-state index in [0.717, 1.165) is 51.8 Å². The molecular weight excluding hydrogens is 661 g/mol. The molecule has 9 nitrogen and oxygen atoms in total. The van der Waals surface area contributed by atoms with Crippen molar-refractivity contribution in [2.24, 2.45) is 11.8 Å². The van der Waals surface area contributed by atoms with Crippen molar-refractivity contribution in [2.45, 2.75) is 83.6 Å². The number of nitrogens with one attached hydrogen (secondary N) is 1. The lowest BCUT2D eigenvalue weighted by Gasteiger charge is -2.24. The molecule has 2 N–H and O–H groups in total. The van der Waals surface area contributed by atoms with Crippen LogP contribution in [0.15, 0.2) is 73.1 Å². The molecule has 0 bridgehead atoms.